The lowest BCUT2D eigenvalue weighted by Gasteiger charge is -2.41. The SMILES string of the molecule is COc1cc(CN2CCN(Cc3ccccc3O)C[C@H]2CCO)cc(OC)c1. The molecule has 6 heteroatoms. The summed E-state index contributed by atoms with van der Waals surface area (Å²) in [6.45, 7) is 4.33. The maximum Gasteiger partial charge on any atom is 0.122 e. The zero-order valence-corrected chi connectivity index (χ0v) is 16.7. The molecule has 1 aliphatic rings. The molecular weight excluding hydrogens is 356 g/mol. The number of phenols is 1. The molecule has 0 aromatic heterocycles. The number of piperazine rings is 1. The second kappa shape index (κ2) is 9.78. The van der Waals surface area contributed by atoms with E-state index in [9.17, 15) is 10.2 Å². The van der Waals surface area contributed by atoms with E-state index < -0.39 is 0 Å². The molecule has 1 fully saturated rings. The fourth-order valence-corrected chi connectivity index (χ4v) is 3.81. The van der Waals surface area contributed by atoms with Crippen LogP contribution in [0, 0.1) is 0 Å². The van der Waals surface area contributed by atoms with Gasteiger partial charge in [-0.1, -0.05) is 18.2 Å². The van der Waals surface area contributed by atoms with Crippen LogP contribution in [0.15, 0.2) is 42.5 Å². The standard InChI is InChI=1S/C22H30N2O4/c1-27-20-11-17(12-21(13-20)28-2)14-24-9-8-23(16-19(24)7-10-25)15-18-5-3-4-6-22(18)26/h3-6,11-13,19,25-26H,7-10,14-16H2,1-2H3/t19-/m1/s1. The van der Waals surface area contributed by atoms with Crippen molar-refractivity contribution < 1.29 is 19.7 Å². The number of hydrogen-bond donors (Lipinski definition) is 2. The van der Waals surface area contributed by atoms with Crippen LogP contribution >= 0.6 is 0 Å². The molecule has 0 radical (unpaired) electrons. The second-order valence-electron chi connectivity index (χ2n) is 7.22. The van der Waals surface area contributed by atoms with Gasteiger partial charge in [-0.15, -0.1) is 0 Å². The second-order valence-corrected chi connectivity index (χ2v) is 7.22. The maximum atomic E-state index is 10.1. The summed E-state index contributed by atoms with van der Waals surface area (Å²) in [7, 11) is 3.32. The van der Waals surface area contributed by atoms with Crippen molar-refractivity contribution in [3.8, 4) is 17.2 Å². The topological polar surface area (TPSA) is 65.4 Å². The average Bonchev–Trinajstić information content (AvgIpc) is 2.71. The van der Waals surface area contributed by atoms with Crippen molar-refractivity contribution in [3.63, 3.8) is 0 Å². The summed E-state index contributed by atoms with van der Waals surface area (Å²) < 4.78 is 10.8. The first-order valence-electron chi connectivity index (χ1n) is 9.69. The Kier molecular flexibility index (Phi) is 7.14. The number of aliphatic hydroxyl groups excluding tert-OH is 1. The number of aromatic hydroxyl groups is 1. The average molecular weight is 386 g/mol. The van der Waals surface area contributed by atoms with Gasteiger partial charge in [-0.05, 0) is 30.2 Å². The van der Waals surface area contributed by atoms with Crippen molar-refractivity contribution in [3.05, 3.63) is 53.6 Å². The van der Waals surface area contributed by atoms with E-state index in [4.69, 9.17) is 9.47 Å². The van der Waals surface area contributed by atoms with E-state index in [-0.39, 0.29) is 12.6 Å². The van der Waals surface area contributed by atoms with Crippen LogP contribution < -0.4 is 9.47 Å². The van der Waals surface area contributed by atoms with E-state index in [1.807, 2.05) is 36.4 Å². The molecule has 0 unspecified atom stereocenters. The normalized spacial score (nSPS) is 18.2. The van der Waals surface area contributed by atoms with Gasteiger partial charge in [-0.25, -0.2) is 0 Å². The molecule has 2 aromatic rings. The van der Waals surface area contributed by atoms with Gasteiger partial charge in [0.25, 0.3) is 0 Å². The summed E-state index contributed by atoms with van der Waals surface area (Å²) in [4.78, 5) is 4.75. The minimum atomic E-state index is 0.160. The summed E-state index contributed by atoms with van der Waals surface area (Å²) in [5, 5.41) is 19.6. The van der Waals surface area contributed by atoms with Crippen molar-refractivity contribution in [2.45, 2.75) is 25.6 Å². The van der Waals surface area contributed by atoms with Crippen molar-refractivity contribution in [1.82, 2.24) is 9.80 Å². The van der Waals surface area contributed by atoms with Crippen molar-refractivity contribution >= 4 is 0 Å². The highest BCUT2D eigenvalue weighted by atomic mass is 16.5. The van der Waals surface area contributed by atoms with Gasteiger partial charge in [0.05, 0.1) is 14.2 Å². The Morgan fingerprint density at radius 3 is 2.36 bits per heavy atom. The lowest BCUT2D eigenvalue weighted by molar-refractivity contribution is 0.0495. The fourth-order valence-electron chi connectivity index (χ4n) is 3.81. The zero-order valence-electron chi connectivity index (χ0n) is 16.7. The molecule has 1 saturated heterocycles. The Morgan fingerprint density at radius 1 is 1.00 bits per heavy atom. The van der Waals surface area contributed by atoms with E-state index in [0.29, 0.717) is 5.75 Å². The minimum Gasteiger partial charge on any atom is -0.508 e. The lowest BCUT2D eigenvalue weighted by atomic mass is 10.1. The minimum absolute atomic E-state index is 0.160. The van der Waals surface area contributed by atoms with Crippen LogP contribution in [0.4, 0.5) is 0 Å². The molecule has 2 N–H and O–H groups in total. The highest BCUT2D eigenvalue weighted by Crippen LogP contribution is 2.26. The molecule has 1 heterocycles. The monoisotopic (exact) mass is 386 g/mol. The molecule has 0 bridgehead atoms. The highest BCUT2D eigenvalue weighted by molar-refractivity contribution is 5.38. The lowest BCUT2D eigenvalue weighted by Crippen LogP contribution is -2.52. The van der Waals surface area contributed by atoms with Crippen LogP contribution in [-0.4, -0.2) is 66.5 Å². The molecule has 0 aliphatic carbocycles. The summed E-state index contributed by atoms with van der Waals surface area (Å²) in [5.41, 5.74) is 2.07. The van der Waals surface area contributed by atoms with Crippen molar-refractivity contribution in [2.24, 2.45) is 0 Å². The van der Waals surface area contributed by atoms with Crippen LogP contribution in [0.2, 0.25) is 0 Å². The number of ether oxygens (including phenoxy) is 2. The van der Waals surface area contributed by atoms with E-state index in [1.165, 1.54) is 0 Å². The first-order valence-corrected chi connectivity index (χ1v) is 9.69. The summed E-state index contributed by atoms with van der Waals surface area (Å²) in [6, 6.07) is 13.7. The number of aliphatic hydroxyl groups is 1. The first-order chi connectivity index (χ1) is 13.6. The van der Waals surface area contributed by atoms with Gasteiger partial charge in [0.1, 0.15) is 17.2 Å². The number of rotatable bonds is 8. The van der Waals surface area contributed by atoms with Crippen LogP contribution in [0.3, 0.4) is 0 Å². The quantitative estimate of drug-likeness (QED) is 0.727. The number of para-hydroxylation sites is 1. The molecular formula is C22H30N2O4. The Hall–Kier alpha value is -2.28. The van der Waals surface area contributed by atoms with Gasteiger partial charge in [-0.3, -0.25) is 9.80 Å². The zero-order chi connectivity index (χ0) is 19.9. The first kappa shape index (κ1) is 20.5. The third kappa shape index (κ3) is 5.16. The number of hydrogen-bond acceptors (Lipinski definition) is 6. The van der Waals surface area contributed by atoms with Gasteiger partial charge in [0, 0.05) is 57.0 Å². The van der Waals surface area contributed by atoms with E-state index in [0.717, 1.165) is 61.8 Å². The molecule has 28 heavy (non-hydrogen) atoms. The fraction of sp³-hybridized carbons (Fsp3) is 0.455. The third-order valence-corrected chi connectivity index (χ3v) is 5.33. The van der Waals surface area contributed by atoms with Gasteiger partial charge < -0.3 is 19.7 Å². The summed E-state index contributed by atoms with van der Waals surface area (Å²) in [5.74, 6) is 1.91. The Bertz CT molecular complexity index is 746. The van der Waals surface area contributed by atoms with E-state index in [2.05, 4.69) is 9.80 Å². The predicted octanol–water partition coefficient (Wildman–Crippen LogP) is 2.48. The number of benzene rings is 2. The highest BCUT2D eigenvalue weighted by Gasteiger charge is 2.27. The smallest absolute Gasteiger partial charge is 0.122 e. The molecule has 3 rings (SSSR count). The summed E-state index contributed by atoms with van der Waals surface area (Å²) >= 11 is 0. The van der Waals surface area contributed by atoms with Gasteiger partial charge in [0.15, 0.2) is 0 Å². The van der Waals surface area contributed by atoms with Crippen LogP contribution in [-0.2, 0) is 13.1 Å². The van der Waals surface area contributed by atoms with Crippen molar-refractivity contribution in [2.75, 3.05) is 40.5 Å². The Labute approximate surface area is 166 Å². The molecule has 2 aromatic carbocycles. The van der Waals surface area contributed by atoms with E-state index >= 15 is 0 Å². The van der Waals surface area contributed by atoms with Crippen LogP contribution in [0.25, 0.3) is 0 Å². The maximum absolute atomic E-state index is 10.1. The Morgan fingerprint density at radius 2 is 1.71 bits per heavy atom. The number of methoxy groups -OCH3 is 2. The van der Waals surface area contributed by atoms with Crippen LogP contribution in [0.5, 0.6) is 17.2 Å². The molecule has 0 spiro atoms. The molecule has 1 aliphatic heterocycles. The molecule has 152 valence electrons. The van der Waals surface area contributed by atoms with Gasteiger partial charge >= 0.3 is 0 Å². The number of phenolic OH excluding ortho intramolecular Hbond substituents is 1. The largest absolute Gasteiger partial charge is 0.508 e. The van der Waals surface area contributed by atoms with E-state index in [1.54, 1.807) is 20.3 Å². The molecule has 0 saturated carbocycles. The molecule has 0 amide bonds. The summed E-state index contributed by atoms with van der Waals surface area (Å²) in [6.07, 6.45) is 0.721. The predicted molar refractivity (Wildman–Crippen MR) is 109 cm³/mol. The number of nitrogens with zero attached hydrogens (tertiary/aromatic N) is 2. The molecule has 6 nitrogen and oxygen atoms in total. The Balaban J connectivity index is 1.68. The molecule has 1 atom stereocenters. The third-order valence-electron chi connectivity index (χ3n) is 5.33. The van der Waals surface area contributed by atoms with Crippen LogP contribution in [0.1, 0.15) is 17.5 Å². The van der Waals surface area contributed by atoms with Gasteiger partial charge in [-0.2, -0.15) is 0 Å². The van der Waals surface area contributed by atoms with Gasteiger partial charge in [0.2, 0.25) is 0 Å². The van der Waals surface area contributed by atoms with Crippen molar-refractivity contribution in [1.29, 1.82) is 0 Å².